The van der Waals surface area contributed by atoms with Gasteiger partial charge in [-0.2, -0.15) is 5.26 Å². The monoisotopic (exact) mass is 456 g/mol. The number of benzene rings is 1. The first kappa shape index (κ1) is 21.5. The Hall–Kier alpha value is -2.74. The lowest BCUT2D eigenvalue weighted by molar-refractivity contribution is -0.121. The molecule has 2 aliphatic rings. The van der Waals surface area contributed by atoms with Crippen LogP contribution in [0.25, 0.3) is 0 Å². The third-order valence-electron chi connectivity index (χ3n) is 5.50. The van der Waals surface area contributed by atoms with Gasteiger partial charge in [0.05, 0.1) is 21.4 Å². The molecule has 160 valence electrons. The molecular formula is C21H20N4O4S2. The van der Waals surface area contributed by atoms with E-state index in [1.165, 1.54) is 24.3 Å². The number of nitrogens with two attached hydrogens (primary N) is 1. The predicted octanol–water partition coefficient (Wildman–Crippen LogP) is 2.15. The topological polar surface area (TPSA) is 134 Å². The fourth-order valence-corrected chi connectivity index (χ4v) is 5.50. The highest BCUT2D eigenvalue weighted by atomic mass is 32.2. The number of thioether (sulfide) groups is 1. The maximum absolute atomic E-state index is 13.0. The van der Waals surface area contributed by atoms with Crippen molar-refractivity contribution in [3.8, 4) is 6.07 Å². The lowest BCUT2D eigenvalue weighted by atomic mass is 9.87. The number of anilines is 1. The Morgan fingerprint density at radius 1 is 1.23 bits per heavy atom. The number of aromatic nitrogens is 1. The van der Waals surface area contributed by atoms with E-state index in [9.17, 15) is 23.3 Å². The summed E-state index contributed by atoms with van der Waals surface area (Å²) in [6.07, 6.45) is 2.71. The van der Waals surface area contributed by atoms with Gasteiger partial charge >= 0.3 is 0 Å². The van der Waals surface area contributed by atoms with E-state index in [-0.39, 0.29) is 17.0 Å². The van der Waals surface area contributed by atoms with E-state index >= 15 is 0 Å². The summed E-state index contributed by atoms with van der Waals surface area (Å²) in [5, 5.41) is 14.4. The number of rotatable bonds is 4. The van der Waals surface area contributed by atoms with Crippen LogP contribution >= 0.6 is 11.8 Å². The van der Waals surface area contributed by atoms with Gasteiger partial charge in [-0.15, -0.1) is 0 Å². The van der Waals surface area contributed by atoms with Crippen molar-refractivity contribution in [3.05, 3.63) is 47.2 Å². The second-order valence-corrected chi connectivity index (χ2v) is 10.6. The molecule has 2 N–H and O–H groups in total. The van der Waals surface area contributed by atoms with Gasteiger partial charge in [-0.05, 0) is 61.1 Å². The van der Waals surface area contributed by atoms with Gasteiger partial charge in [0.25, 0.3) is 0 Å². The number of carbonyl (C=O) groups excluding carboxylic acids is 2. The summed E-state index contributed by atoms with van der Waals surface area (Å²) in [5.41, 5.74) is 2.71. The first-order chi connectivity index (χ1) is 14.7. The molecule has 1 aromatic heterocycles. The molecule has 1 aromatic carbocycles. The SMILES string of the molecule is CC1CCc2nc(SC3CC(=O)N(c4ccc(S(N)(=O)=O)cc4)C3=O)c(C#N)cc2C1. The van der Waals surface area contributed by atoms with Crippen LogP contribution in [0.2, 0.25) is 0 Å². The summed E-state index contributed by atoms with van der Waals surface area (Å²) in [4.78, 5) is 31.1. The lowest BCUT2D eigenvalue weighted by Crippen LogP contribution is -2.31. The minimum Gasteiger partial charge on any atom is -0.274 e. The Labute approximate surface area is 184 Å². The minimum absolute atomic E-state index is 0.0267. The number of hydrogen-bond donors (Lipinski definition) is 1. The van der Waals surface area contributed by atoms with E-state index in [2.05, 4.69) is 18.0 Å². The van der Waals surface area contributed by atoms with Crippen molar-refractivity contribution in [2.24, 2.45) is 11.1 Å². The smallest absolute Gasteiger partial charge is 0.247 e. The van der Waals surface area contributed by atoms with Crippen LogP contribution in [-0.2, 0) is 32.5 Å². The number of fused-ring (bicyclic) bond motifs is 1. The number of nitrogens with zero attached hydrogens (tertiary/aromatic N) is 3. The number of primary sulfonamides is 1. The number of imide groups is 1. The van der Waals surface area contributed by atoms with Gasteiger partial charge in [-0.3, -0.25) is 9.59 Å². The van der Waals surface area contributed by atoms with Gasteiger partial charge in [0, 0.05) is 12.1 Å². The largest absolute Gasteiger partial charge is 0.274 e. The fraction of sp³-hybridized carbons (Fsp3) is 0.333. The normalized spacial score (nSPS) is 21.1. The summed E-state index contributed by atoms with van der Waals surface area (Å²) in [6.45, 7) is 2.17. The van der Waals surface area contributed by atoms with Crippen LogP contribution in [0.4, 0.5) is 5.69 Å². The quantitative estimate of drug-likeness (QED) is 0.697. The maximum Gasteiger partial charge on any atom is 0.247 e. The number of aryl methyl sites for hydroxylation is 1. The molecule has 2 amide bonds. The highest BCUT2D eigenvalue weighted by Crippen LogP contribution is 2.36. The average Bonchev–Trinajstić information content (AvgIpc) is 3.00. The van der Waals surface area contributed by atoms with Gasteiger partial charge in [-0.1, -0.05) is 18.7 Å². The third-order valence-corrected chi connectivity index (χ3v) is 7.62. The zero-order valence-corrected chi connectivity index (χ0v) is 18.4. The molecule has 2 aromatic rings. The lowest BCUT2D eigenvalue weighted by Gasteiger charge is -2.22. The molecule has 31 heavy (non-hydrogen) atoms. The molecular weight excluding hydrogens is 436 g/mol. The van der Waals surface area contributed by atoms with Gasteiger partial charge in [0.15, 0.2) is 0 Å². The molecule has 2 unspecified atom stereocenters. The molecule has 4 rings (SSSR count). The average molecular weight is 457 g/mol. The molecule has 1 aliphatic heterocycles. The molecule has 0 bridgehead atoms. The summed E-state index contributed by atoms with van der Waals surface area (Å²) in [5.74, 6) is -0.269. The second-order valence-electron chi connectivity index (χ2n) is 7.82. The first-order valence-electron chi connectivity index (χ1n) is 9.76. The number of nitriles is 1. The fourth-order valence-electron chi connectivity index (χ4n) is 3.88. The number of carbonyl (C=O) groups is 2. The van der Waals surface area contributed by atoms with Crippen molar-refractivity contribution < 1.29 is 18.0 Å². The van der Waals surface area contributed by atoms with Crippen LogP contribution in [0.5, 0.6) is 0 Å². The molecule has 0 saturated carbocycles. The molecule has 2 atom stereocenters. The van der Waals surface area contributed by atoms with E-state index in [4.69, 9.17) is 5.14 Å². The van der Waals surface area contributed by atoms with Crippen molar-refractivity contribution >= 4 is 39.3 Å². The molecule has 10 heteroatoms. The summed E-state index contributed by atoms with van der Waals surface area (Å²) < 4.78 is 22.8. The second kappa shape index (κ2) is 8.07. The molecule has 0 radical (unpaired) electrons. The number of sulfonamides is 1. The molecule has 1 aliphatic carbocycles. The van der Waals surface area contributed by atoms with Crippen molar-refractivity contribution in [3.63, 3.8) is 0 Å². The predicted molar refractivity (Wildman–Crippen MR) is 115 cm³/mol. The molecule has 1 saturated heterocycles. The van der Waals surface area contributed by atoms with Crippen LogP contribution < -0.4 is 10.0 Å². The Morgan fingerprint density at radius 2 is 1.94 bits per heavy atom. The van der Waals surface area contributed by atoms with Crippen molar-refractivity contribution in [1.29, 1.82) is 5.26 Å². The van der Waals surface area contributed by atoms with E-state index in [1.54, 1.807) is 0 Å². The molecule has 8 nitrogen and oxygen atoms in total. The van der Waals surface area contributed by atoms with E-state index in [1.807, 2.05) is 6.07 Å². The minimum atomic E-state index is -3.87. The van der Waals surface area contributed by atoms with Crippen LogP contribution in [0.15, 0.2) is 40.3 Å². The van der Waals surface area contributed by atoms with Gasteiger partial charge in [0.1, 0.15) is 11.1 Å². The van der Waals surface area contributed by atoms with E-state index in [0.29, 0.717) is 16.5 Å². The Morgan fingerprint density at radius 3 is 2.58 bits per heavy atom. The maximum atomic E-state index is 13.0. The zero-order chi connectivity index (χ0) is 22.3. The zero-order valence-electron chi connectivity index (χ0n) is 16.7. The summed E-state index contributed by atoms with van der Waals surface area (Å²) in [6, 6.07) is 9.28. The van der Waals surface area contributed by atoms with Gasteiger partial charge < -0.3 is 0 Å². The number of hydrogen-bond acceptors (Lipinski definition) is 7. The Bertz CT molecular complexity index is 1220. The Kier molecular flexibility index (Phi) is 5.60. The molecule has 2 heterocycles. The van der Waals surface area contributed by atoms with Crippen molar-refractivity contribution in [2.75, 3.05) is 4.90 Å². The summed E-state index contributed by atoms with van der Waals surface area (Å²) in [7, 11) is -3.87. The van der Waals surface area contributed by atoms with E-state index < -0.39 is 27.1 Å². The van der Waals surface area contributed by atoms with Gasteiger partial charge in [-0.25, -0.2) is 23.4 Å². The van der Waals surface area contributed by atoms with Crippen LogP contribution in [0, 0.1) is 17.2 Å². The number of pyridine rings is 1. The highest BCUT2D eigenvalue weighted by Gasteiger charge is 2.41. The number of amides is 2. The molecule has 0 spiro atoms. The summed E-state index contributed by atoms with van der Waals surface area (Å²) >= 11 is 1.13. The van der Waals surface area contributed by atoms with Crippen LogP contribution in [-0.4, -0.2) is 30.5 Å². The highest BCUT2D eigenvalue weighted by molar-refractivity contribution is 8.00. The third kappa shape index (κ3) is 4.21. The van der Waals surface area contributed by atoms with Crippen LogP contribution in [0.1, 0.15) is 36.6 Å². The Balaban J connectivity index is 1.58. The van der Waals surface area contributed by atoms with E-state index in [0.717, 1.165) is 47.2 Å². The van der Waals surface area contributed by atoms with Gasteiger partial charge in [0.2, 0.25) is 21.8 Å². The standard InChI is InChI=1S/C21H20N4O4S2/c1-12-2-7-17-13(8-12)9-14(11-22)20(24-17)30-18-10-19(26)25(21(18)27)15-3-5-16(6-4-15)31(23,28)29/h3-6,9,12,18H,2,7-8,10H2,1H3,(H2,23,28,29). The first-order valence-corrected chi connectivity index (χ1v) is 12.2. The van der Waals surface area contributed by atoms with Crippen LogP contribution in [0.3, 0.4) is 0 Å². The van der Waals surface area contributed by atoms with Crippen molar-refractivity contribution in [1.82, 2.24) is 4.98 Å². The molecule has 1 fully saturated rings. The van der Waals surface area contributed by atoms with Crippen molar-refractivity contribution in [2.45, 2.75) is 47.8 Å².